The molecule has 0 aromatic heterocycles. The number of benzene rings is 3. The lowest BCUT2D eigenvalue weighted by atomic mass is 10.1. The summed E-state index contributed by atoms with van der Waals surface area (Å²) >= 11 is 0. The molecule has 0 aliphatic rings. The standard InChI is InChI=1S/C25H30N5O3/c1-30(2,3)16-15-28(19-20-9-6-5-7-10-20)22-13-14-24(25(18-22)33-4)27-26-21-11-8-12-23(17-21)29(31)32/h5-14,17-18H,15-16,19H2,1-4H3/q+1. The van der Waals surface area contributed by atoms with E-state index in [1.807, 2.05) is 36.4 Å². The maximum atomic E-state index is 11.0. The quantitative estimate of drug-likeness (QED) is 0.172. The van der Waals surface area contributed by atoms with Gasteiger partial charge in [-0.05, 0) is 23.8 Å². The van der Waals surface area contributed by atoms with Gasteiger partial charge >= 0.3 is 0 Å². The highest BCUT2D eigenvalue weighted by Crippen LogP contribution is 2.34. The summed E-state index contributed by atoms with van der Waals surface area (Å²) < 4.78 is 6.45. The number of likely N-dealkylation sites (N-methyl/N-ethyl adjacent to an activating group) is 1. The summed E-state index contributed by atoms with van der Waals surface area (Å²) in [4.78, 5) is 12.9. The van der Waals surface area contributed by atoms with Crippen LogP contribution in [0.25, 0.3) is 0 Å². The van der Waals surface area contributed by atoms with Crippen LogP contribution in [0.2, 0.25) is 0 Å². The largest absolute Gasteiger partial charge is 0.494 e. The van der Waals surface area contributed by atoms with Crippen molar-refractivity contribution in [2.24, 2.45) is 10.2 Å². The Balaban J connectivity index is 1.86. The number of nitro groups is 1. The topological polar surface area (TPSA) is 80.3 Å². The molecule has 0 radical (unpaired) electrons. The van der Waals surface area contributed by atoms with Gasteiger partial charge in [-0.1, -0.05) is 36.4 Å². The van der Waals surface area contributed by atoms with E-state index in [1.54, 1.807) is 19.2 Å². The van der Waals surface area contributed by atoms with Gasteiger partial charge in [-0.25, -0.2) is 0 Å². The van der Waals surface area contributed by atoms with Crippen molar-refractivity contribution in [1.29, 1.82) is 0 Å². The van der Waals surface area contributed by atoms with Gasteiger partial charge in [0.2, 0.25) is 0 Å². The van der Waals surface area contributed by atoms with Crippen LogP contribution in [0.15, 0.2) is 83.0 Å². The molecule has 3 aromatic carbocycles. The van der Waals surface area contributed by atoms with Gasteiger partial charge in [0.1, 0.15) is 11.4 Å². The van der Waals surface area contributed by atoms with Crippen molar-refractivity contribution < 1.29 is 14.1 Å². The average Bonchev–Trinajstić information content (AvgIpc) is 2.80. The number of methoxy groups -OCH3 is 1. The minimum Gasteiger partial charge on any atom is -0.494 e. The molecule has 0 aliphatic carbocycles. The van der Waals surface area contributed by atoms with Crippen LogP contribution in [-0.2, 0) is 6.54 Å². The van der Waals surface area contributed by atoms with Crippen molar-refractivity contribution in [1.82, 2.24) is 0 Å². The van der Waals surface area contributed by atoms with E-state index < -0.39 is 4.92 Å². The summed E-state index contributed by atoms with van der Waals surface area (Å²) in [5.74, 6) is 0.588. The van der Waals surface area contributed by atoms with E-state index in [4.69, 9.17) is 4.74 Å². The molecule has 0 N–H and O–H groups in total. The number of ether oxygens (including phenoxy) is 1. The van der Waals surface area contributed by atoms with Crippen LogP contribution in [0.4, 0.5) is 22.7 Å². The van der Waals surface area contributed by atoms with E-state index >= 15 is 0 Å². The van der Waals surface area contributed by atoms with Crippen molar-refractivity contribution in [3.8, 4) is 5.75 Å². The number of nitrogens with zero attached hydrogens (tertiary/aromatic N) is 5. The molecular weight excluding hydrogens is 418 g/mol. The molecule has 8 nitrogen and oxygen atoms in total. The molecule has 3 aromatic rings. The third kappa shape index (κ3) is 7.11. The zero-order valence-corrected chi connectivity index (χ0v) is 19.5. The SMILES string of the molecule is COc1cc(N(CC[N+](C)(C)C)Cc2ccccc2)ccc1N=Nc1cccc([N+](=O)[O-])c1. The second kappa shape index (κ2) is 10.7. The van der Waals surface area contributed by atoms with Crippen molar-refractivity contribution >= 4 is 22.7 Å². The lowest BCUT2D eigenvalue weighted by Crippen LogP contribution is -2.42. The van der Waals surface area contributed by atoms with Crippen molar-refractivity contribution in [3.05, 3.63) is 88.5 Å². The number of hydrogen-bond acceptors (Lipinski definition) is 6. The summed E-state index contributed by atoms with van der Waals surface area (Å²) in [6, 6.07) is 22.2. The Labute approximate surface area is 194 Å². The highest BCUT2D eigenvalue weighted by molar-refractivity contribution is 5.62. The molecule has 0 amide bonds. The van der Waals surface area contributed by atoms with Gasteiger partial charge < -0.3 is 14.1 Å². The summed E-state index contributed by atoms with van der Waals surface area (Å²) in [5, 5.41) is 19.4. The van der Waals surface area contributed by atoms with Gasteiger partial charge in [-0.3, -0.25) is 10.1 Å². The molecular formula is C25H30N5O3+. The number of azo groups is 1. The molecule has 0 aliphatic heterocycles. The highest BCUT2D eigenvalue weighted by Gasteiger charge is 2.15. The second-order valence-corrected chi connectivity index (χ2v) is 8.75. The smallest absolute Gasteiger partial charge is 0.271 e. The zero-order valence-electron chi connectivity index (χ0n) is 19.5. The average molecular weight is 449 g/mol. The van der Waals surface area contributed by atoms with E-state index in [2.05, 4.69) is 48.4 Å². The molecule has 0 spiro atoms. The molecule has 0 atom stereocenters. The lowest BCUT2D eigenvalue weighted by Gasteiger charge is -2.30. The van der Waals surface area contributed by atoms with Crippen LogP contribution in [0.1, 0.15) is 5.56 Å². The molecule has 0 bridgehead atoms. The molecule has 3 rings (SSSR count). The lowest BCUT2D eigenvalue weighted by molar-refractivity contribution is -0.868. The number of non-ortho nitro benzene ring substituents is 1. The number of anilines is 1. The summed E-state index contributed by atoms with van der Waals surface area (Å²) in [7, 11) is 8.13. The van der Waals surface area contributed by atoms with E-state index in [9.17, 15) is 10.1 Å². The summed E-state index contributed by atoms with van der Waals surface area (Å²) in [6.45, 7) is 2.62. The fraction of sp³-hybridized carbons (Fsp3) is 0.280. The van der Waals surface area contributed by atoms with Crippen molar-refractivity contribution in [3.63, 3.8) is 0 Å². The monoisotopic (exact) mass is 448 g/mol. The van der Waals surface area contributed by atoms with Crippen molar-refractivity contribution in [2.45, 2.75) is 6.54 Å². The Morgan fingerprint density at radius 2 is 1.73 bits per heavy atom. The van der Waals surface area contributed by atoms with Gasteiger partial charge in [0.05, 0.1) is 52.0 Å². The van der Waals surface area contributed by atoms with E-state index in [0.717, 1.165) is 29.8 Å². The first-order valence-corrected chi connectivity index (χ1v) is 10.7. The number of quaternary nitrogens is 1. The summed E-state index contributed by atoms with van der Waals surface area (Å²) in [5.41, 5.74) is 3.19. The fourth-order valence-electron chi connectivity index (χ4n) is 3.25. The normalized spacial score (nSPS) is 11.5. The maximum absolute atomic E-state index is 11.0. The molecule has 0 saturated carbocycles. The predicted octanol–water partition coefficient (Wildman–Crippen LogP) is 5.73. The third-order valence-corrected chi connectivity index (χ3v) is 5.10. The third-order valence-electron chi connectivity index (χ3n) is 5.10. The molecule has 172 valence electrons. The zero-order chi connectivity index (χ0) is 23.8. The maximum Gasteiger partial charge on any atom is 0.271 e. The molecule has 0 fully saturated rings. The van der Waals surface area contributed by atoms with Crippen LogP contribution in [0.5, 0.6) is 5.75 Å². The first kappa shape index (κ1) is 23.9. The van der Waals surface area contributed by atoms with Crippen LogP contribution in [-0.4, -0.2) is 50.7 Å². The Morgan fingerprint density at radius 1 is 0.970 bits per heavy atom. The van der Waals surface area contributed by atoms with Gasteiger partial charge in [0.25, 0.3) is 5.69 Å². The Morgan fingerprint density at radius 3 is 2.39 bits per heavy atom. The Hall–Kier alpha value is -3.78. The van der Waals surface area contributed by atoms with Gasteiger partial charge in [0, 0.05) is 30.4 Å². The fourth-order valence-corrected chi connectivity index (χ4v) is 3.25. The van der Waals surface area contributed by atoms with E-state index in [-0.39, 0.29) is 5.69 Å². The van der Waals surface area contributed by atoms with Gasteiger partial charge in [0.15, 0.2) is 0 Å². The van der Waals surface area contributed by atoms with Crippen molar-refractivity contribution in [2.75, 3.05) is 46.2 Å². The minimum atomic E-state index is -0.452. The molecule has 0 unspecified atom stereocenters. The molecule has 33 heavy (non-hydrogen) atoms. The van der Waals surface area contributed by atoms with Crippen LogP contribution in [0, 0.1) is 10.1 Å². The minimum absolute atomic E-state index is 0.0254. The van der Waals surface area contributed by atoms with E-state index in [1.165, 1.54) is 17.7 Å². The van der Waals surface area contributed by atoms with Crippen LogP contribution in [0.3, 0.4) is 0 Å². The first-order valence-electron chi connectivity index (χ1n) is 10.7. The molecule has 0 saturated heterocycles. The predicted molar refractivity (Wildman–Crippen MR) is 131 cm³/mol. The number of rotatable bonds is 10. The van der Waals surface area contributed by atoms with Crippen LogP contribution < -0.4 is 9.64 Å². The molecule has 8 heteroatoms. The molecule has 0 heterocycles. The second-order valence-electron chi connectivity index (χ2n) is 8.75. The first-order chi connectivity index (χ1) is 15.7. The number of hydrogen-bond donors (Lipinski definition) is 0. The number of nitro benzene ring substituents is 1. The Bertz CT molecular complexity index is 1110. The van der Waals surface area contributed by atoms with Gasteiger partial charge in [-0.2, -0.15) is 5.11 Å². The Kier molecular flexibility index (Phi) is 7.74. The highest BCUT2D eigenvalue weighted by atomic mass is 16.6. The van der Waals surface area contributed by atoms with Crippen LogP contribution >= 0.6 is 0 Å². The van der Waals surface area contributed by atoms with E-state index in [0.29, 0.717) is 17.1 Å². The summed E-state index contributed by atoms with van der Waals surface area (Å²) in [6.07, 6.45) is 0. The van der Waals surface area contributed by atoms with Gasteiger partial charge in [-0.15, -0.1) is 5.11 Å².